The molecule has 0 radical (unpaired) electrons. The summed E-state index contributed by atoms with van der Waals surface area (Å²) in [6.45, 7) is 2.05. The Balaban J connectivity index is 2.06. The summed E-state index contributed by atoms with van der Waals surface area (Å²) in [5, 5.41) is 7.81. The molecule has 0 amide bonds. The lowest BCUT2D eigenvalue weighted by atomic mass is 9.99. The van der Waals surface area contributed by atoms with E-state index in [1.165, 1.54) is 10.9 Å². The van der Waals surface area contributed by atoms with Crippen molar-refractivity contribution in [3.8, 4) is 0 Å². The second kappa shape index (κ2) is 5.69. The van der Waals surface area contributed by atoms with Crippen molar-refractivity contribution in [2.75, 3.05) is 7.05 Å². The van der Waals surface area contributed by atoms with Gasteiger partial charge in [0.2, 0.25) is 0 Å². The SMILES string of the molecule is CNC(Cc1nccs1)c1cc(C)nc2ccccc12. The molecule has 0 spiro atoms. The summed E-state index contributed by atoms with van der Waals surface area (Å²) in [6.07, 6.45) is 2.77. The molecule has 2 heterocycles. The number of nitrogens with one attached hydrogen (secondary N) is 1. The van der Waals surface area contributed by atoms with Crippen LogP contribution in [0.3, 0.4) is 0 Å². The van der Waals surface area contributed by atoms with Gasteiger partial charge < -0.3 is 5.32 Å². The molecule has 102 valence electrons. The van der Waals surface area contributed by atoms with Crippen molar-refractivity contribution in [2.24, 2.45) is 0 Å². The Bertz CT molecular complexity index is 707. The van der Waals surface area contributed by atoms with Crippen molar-refractivity contribution in [3.05, 3.63) is 58.2 Å². The van der Waals surface area contributed by atoms with Crippen LogP contribution < -0.4 is 5.32 Å². The molecule has 0 fully saturated rings. The fourth-order valence-electron chi connectivity index (χ4n) is 2.52. The Morgan fingerprint density at radius 1 is 1.30 bits per heavy atom. The summed E-state index contributed by atoms with van der Waals surface area (Å²) in [6, 6.07) is 10.8. The van der Waals surface area contributed by atoms with E-state index < -0.39 is 0 Å². The third-order valence-corrected chi connectivity index (χ3v) is 4.26. The number of pyridine rings is 1. The third kappa shape index (κ3) is 2.57. The average Bonchev–Trinajstić information content (AvgIpc) is 2.97. The normalized spacial score (nSPS) is 12.7. The Hall–Kier alpha value is -1.78. The smallest absolute Gasteiger partial charge is 0.0943 e. The van der Waals surface area contributed by atoms with Gasteiger partial charge in [0.05, 0.1) is 10.5 Å². The number of fused-ring (bicyclic) bond motifs is 1. The van der Waals surface area contributed by atoms with Crippen LogP contribution in [0.25, 0.3) is 10.9 Å². The topological polar surface area (TPSA) is 37.8 Å². The zero-order valence-corrected chi connectivity index (χ0v) is 12.4. The molecule has 3 nitrogen and oxygen atoms in total. The molecule has 0 saturated heterocycles. The third-order valence-electron chi connectivity index (χ3n) is 3.46. The summed E-state index contributed by atoms with van der Waals surface area (Å²) in [7, 11) is 2.00. The van der Waals surface area contributed by atoms with E-state index in [4.69, 9.17) is 0 Å². The molecule has 20 heavy (non-hydrogen) atoms. The second-order valence-corrected chi connectivity index (χ2v) is 5.82. The molecule has 3 aromatic rings. The van der Waals surface area contributed by atoms with Gasteiger partial charge in [-0.15, -0.1) is 11.3 Å². The minimum atomic E-state index is 0.257. The summed E-state index contributed by atoms with van der Waals surface area (Å²) < 4.78 is 0. The van der Waals surface area contributed by atoms with E-state index in [1.807, 2.05) is 31.6 Å². The van der Waals surface area contributed by atoms with Crippen LogP contribution in [0.1, 0.15) is 22.3 Å². The number of aromatic nitrogens is 2. The maximum Gasteiger partial charge on any atom is 0.0943 e. The maximum absolute atomic E-state index is 4.61. The van der Waals surface area contributed by atoms with Gasteiger partial charge in [-0.2, -0.15) is 0 Å². The Kier molecular flexibility index (Phi) is 3.76. The van der Waals surface area contributed by atoms with E-state index in [1.54, 1.807) is 11.3 Å². The van der Waals surface area contributed by atoms with Crippen LogP contribution in [-0.4, -0.2) is 17.0 Å². The summed E-state index contributed by atoms with van der Waals surface area (Å²) in [5.41, 5.74) is 3.41. The minimum absolute atomic E-state index is 0.257. The predicted octanol–water partition coefficient (Wildman–Crippen LogP) is 3.50. The standard InChI is InChI=1S/C16H17N3S/c1-11-9-13(12-5-3-4-6-14(12)19-11)15(17-2)10-16-18-7-8-20-16/h3-9,15,17H,10H2,1-2H3. The fraction of sp³-hybridized carbons (Fsp3) is 0.250. The maximum atomic E-state index is 4.61. The Morgan fingerprint density at radius 2 is 2.15 bits per heavy atom. The molecule has 2 aromatic heterocycles. The first-order valence-corrected chi connectivity index (χ1v) is 7.58. The highest BCUT2D eigenvalue weighted by molar-refractivity contribution is 7.09. The van der Waals surface area contributed by atoms with E-state index in [2.05, 4.69) is 39.6 Å². The average molecular weight is 283 g/mol. The molecular formula is C16H17N3S. The quantitative estimate of drug-likeness (QED) is 0.796. The number of para-hydroxylation sites is 1. The van der Waals surface area contributed by atoms with E-state index in [9.17, 15) is 0 Å². The number of hydrogen-bond acceptors (Lipinski definition) is 4. The molecule has 0 aliphatic carbocycles. The molecule has 0 aliphatic heterocycles. The van der Waals surface area contributed by atoms with Crippen molar-refractivity contribution in [1.82, 2.24) is 15.3 Å². The van der Waals surface area contributed by atoms with Gasteiger partial charge in [-0.3, -0.25) is 4.98 Å². The van der Waals surface area contributed by atoms with Crippen molar-refractivity contribution < 1.29 is 0 Å². The van der Waals surface area contributed by atoms with Gasteiger partial charge in [0.15, 0.2) is 0 Å². The first-order chi connectivity index (χ1) is 9.78. The van der Waals surface area contributed by atoms with Crippen LogP contribution in [0.5, 0.6) is 0 Å². The zero-order valence-electron chi connectivity index (χ0n) is 11.6. The molecular weight excluding hydrogens is 266 g/mol. The molecule has 1 N–H and O–H groups in total. The lowest BCUT2D eigenvalue weighted by molar-refractivity contribution is 0.593. The van der Waals surface area contributed by atoms with E-state index >= 15 is 0 Å². The largest absolute Gasteiger partial charge is 0.313 e. The number of aryl methyl sites for hydroxylation is 1. The van der Waals surface area contributed by atoms with Crippen LogP contribution in [0, 0.1) is 6.92 Å². The minimum Gasteiger partial charge on any atom is -0.313 e. The molecule has 1 unspecified atom stereocenters. The Morgan fingerprint density at radius 3 is 2.90 bits per heavy atom. The molecule has 1 atom stereocenters. The lowest BCUT2D eigenvalue weighted by Gasteiger charge is -2.18. The van der Waals surface area contributed by atoms with E-state index in [0.29, 0.717) is 0 Å². The number of nitrogens with zero attached hydrogens (tertiary/aromatic N) is 2. The van der Waals surface area contributed by atoms with Crippen LogP contribution in [0.2, 0.25) is 0 Å². The van der Waals surface area contributed by atoms with Gasteiger partial charge in [-0.1, -0.05) is 18.2 Å². The second-order valence-electron chi connectivity index (χ2n) is 4.84. The van der Waals surface area contributed by atoms with Crippen molar-refractivity contribution in [3.63, 3.8) is 0 Å². The van der Waals surface area contributed by atoms with E-state index in [-0.39, 0.29) is 6.04 Å². The predicted molar refractivity (Wildman–Crippen MR) is 84.1 cm³/mol. The first-order valence-electron chi connectivity index (χ1n) is 6.70. The molecule has 0 bridgehead atoms. The molecule has 0 saturated carbocycles. The van der Waals surface area contributed by atoms with Crippen LogP contribution in [0.15, 0.2) is 41.9 Å². The zero-order chi connectivity index (χ0) is 13.9. The van der Waals surface area contributed by atoms with E-state index in [0.717, 1.165) is 22.6 Å². The Labute approximate surface area is 122 Å². The van der Waals surface area contributed by atoms with Crippen LogP contribution in [0.4, 0.5) is 0 Å². The number of likely N-dealkylation sites (N-methyl/N-ethyl adjacent to an activating group) is 1. The number of benzene rings is 1. The van der Waals surface area contributed by atoms with Gasteiger partial charge in [0.25, 0.3) is 0 Å². The highest BCUT2D eigenvalue weighted by Gasteiger charge is 2.15. The van der Waals surface area contributed by atoms with Crippen molar-refractivity contribution >= 4 is 22.2 Å². The summed E-state index contributed by atoms with van der Waals surface area (Å²) >= 11 is 1.70. The highest BCUT2D eigenvalue weighted by Crippen LogP contribution is 2.27. The van der Waals surface area contributed by atoms with Gasteiger partial charge in [-0.25, -0.2) is 4.98 Å². The number of rotatable bonds is 4. The monoisotopic (exact) mass is 283 g/mol. The number of thiazole rings is 1. The van der Waals surface area contributed by atoms with Crippen LogP contribution in [-0.2, 0) is 6.42 Å². The van der Waals surface area contributed by atoms with Gasteiger partial charge in [-0.05, 0) is 31.7 Å². The summed E-state index contributed by atoms with van der Waals surface area (Å²) in [5.74, 6) is 0. The van der Waals surface area contributed by atoms with Crippen LogP contribution >= 0.6 is 11.3 Å². The number of hydrogen-bond donors (Lipinski definition) is 1. The first kappa shape index (κ1) is 13.2. The highest BCUT2D eigenvalue weighted by atomic mass is 32.1. The van der Waals surface area contributed by atoms with Gasteiger partial charge in [0, 0.05) is 35.1 Å². The van der Waals surface area contributed by atoms with Gasteiger partial charge in [0.1, 0.15) is 0 Å². The van der Waals surface area contributed by atoms with Crippen molar-refractivity contribution in [2.45, 2.75) is 19.4 Å². The van der Waals surface area contributed by atoms with Gasteiger partial charge >= 0.3 is 0 Å². The van der Waals surface area contributed by atoms with Crippen molar-refractivity contribution in [1.29, 1.82) is 0 Å². The molecule has 1 aromatic carbocycles. The lowest BCUT2D eigenvalue weighted by Crippen LogP contribution is -2.19. The molecule has 3 rings (SSSR count). The molecule has 4 heteroatoms. The summed E-state index contributed by atoms with van der Waals surface area (Å²) in [4.78, 5) is 9.00. The molecule has 0 aliphatic rings. The fourth-order valence-corrected chi connectivity index (χ4v) is 3.19.